The minimum absolute atomic E-state index is 0.120. The topological polar surface area (TPSA) is 111 Å². The summed E-state index contributed by atoms with van der Waals surface area (Å²) >= 11 is 0. The molecular weight excluding hydrogens is 288 g/mol. The number of benzene rings is 1. The molecule has 0 spiro atoms. The minimum Gasteiger partial charge on any atom is -0.272 e. The van der Waals surface area contributed by atoms with Crippen LogP contribution in [0.1, 0.15) is 34.6 Å². The summed E-state index contributed by atoms with van der Waals surface area (Å²) < 4.78 is 0. The van der Waals surface area contributed by atoms with Crippen LogP contribution in [-0.2, 0) is 0 Å². The van der Waals surface area contributed by atoms with Gasteiger partial charge in [0.05, 0.1) is 15.9 Å². The van der Waals surface area contributed by atoms with Gasteiger partial charge in [-0.3, -0.25) is 25.7 Å². The first-order valence-electron chi connectivity index (χ1n) is 6.81. The fraction of sp³-hybridized carbons (Fsp3) is 0.500. The number of non-ortho nitro benzene ring substituents is 1. The number of nitrogens with one attached hydrogen (secondary N) is 1. The van der Waals surface area contributed by atoms with E-state index in [0.717, 1.165) is 11.8 Å². The molecular formula is C14H20N4O4. The number of nitro benzene ring substituents is 2. The summed E-state index contributed by atoms with van der Waals surface area (Å²) in [5.74, 6) is 0.338. The first-order chi connectivity index (χ1) is 10.1. The van der Waals surface area contributed by atoms with Crippen LogP contribution in [0.15, 0.2) is 23.3 Å². The fourth-order valence-electron chi connectivity index (χ4n) is 1.59. The Morgan fingerprint density at radius 1 is 1.23 bits per heavy atom. The quantitative estimate of drug-likeness (QED) is 0.485. The first-order valence-corrected chi connectivity index (χ1v) is 6.81. The van der Waals surface area contributed by atoms with Crippen LogP contribution >= 0.6 is 0 Å². The molecule has 0 aromatic heterocycles. The maximum atomic E-state index is 11.0. The molecule has 0 unspecified atom stereocenters. The van der Waals surface area contributed by atoms with Gasteiger partial charge in [-0.25, -0.2) is 0 Å². The molecule has 0 fully saturated rings. The third-order valence-corrected chi connectivity index (χ3v) is 4.11. The van der Waals surface area contributed by atoms with Gasteiger partial charge in [0.25, 0.3) is 5.69 Å². The Kier molecular flexibility index (Phi) is 5.19. The summed E-state index contributed by atoms with van der Waals surface area (Å²) in [6, 6.07) is 3.41. The summed E-state index contributed by atoms with van der Waals surface area (Å²) in [5, 5.41) is 25.9. The van der Waals surface area contributed by atoms with Crippen molar-refractivity contribution < 1.29 is 9.85 Å². The molecule has 0 radical (unpaired) electrons. The largest absolute Gasteiger partial charge is 0.301 e. The number of hydrogen-bond donors (Lipinski definition) is 1. The van der Waals surface area contributed by atoms with Gasteiger partial charge in [-0.15, -0.1) is 0 Å². The molecule has 1 N–H and O–H groups in total. The lowest BCUT2D eigenvalue weighted by molar-refractivity contribution is -0.393. The zero-order valence-electron chi connectivity index (χ0n) is 13.3. The molecule has 1 aromatic carbocycles. The van der Waals surface area contributed by atoms with Gasteiger partial charge in [-0.05, 0) is 18.9 Å². The second-order valence-corrected chi connectivity index (χ2v) is 5.90. The molecule has 0 aliphatic heterocycles. The summed E-state index contributed by atoms with van der Waals surface area (Å²) in [6.45, 7) is 10.0. The normalized spacial score (nSPS) is 12.4. The summed E-state index contributed by atoms with van der Waals surface area (Å²) in [4.78, 5) is 20.4. The van der Waals surface area contributed by atoms with E-state index in [9.17, 15) is 20.2 Å². The lowest BCUT2D eigenvalue weighted by atomic mass is 9.77. The first kappa shape index (κ1) is 17.5. The maximum Gasteiger partial charge on any atom is 0.301 e. The van der Waals surface area contributed by atoms with Crippen LogP contribution in [0.5, 0.6) is 0 Å². The lowest BCUT2D eigenvalue weighted by Gasteiger charge is -2.28. The van der Waals surface area contributed by atoms with Gasteiger partial charge in [-0.1, -0.05) is 27.7 Å². The molecule has 8 nitrogen and oxygen atoms in total. The molecule has 1 aromatic rings. The van der Waals surface area contributed by atoms with Crippen LogP contribution in [0.25, 0.3) is 0 Å². The van der Waals surface area contributed by atoms with Gasteiger partial charge < -0.3 is 0 Å². The van der Waals surface area contributed by atoms with Crippen molar-refractivity contribution in [3.05, 3.63) is 38.4 Å². The Balaban J connectivity index is 3.13. The lowest BCUT2D eigenvalue weighted by Crippen LogP contribution is -2.28. The molecule has 0 aliphatic carbocycles. The highest BCUT2D eigenvalue weighted by molar-refractivity contribution is 5.88. The van der Waals surface area contributed by atoms with Gasteiger partial charge >= 0.3 is 5.69 Å². The Morgan fingerprint density at radius 2 is 1.82 bits per heavy atom. The molecule has 0 saturated carbocycles. The van der Waals surface area contributed by atoms with E-state index in [0.29, 0.717) is 5.92 Å². The van der Waals surface area contributed by atoms with E-state index in [1.54, 1.807) is 0 Å². The van der Waals surface area contributed by atoms with E-state index >= 15 is 0 Å². The molecule has 0 aliphatic rings. The highest BCUT2D eigenvalue weighted by Crippen LogP contribution is 2.31. The summed E-state index contributed by atoms with van der Waals surface area (Å²) in [5.41, 5.74) is 2.66. The SMILES string of the molecule is CC(=NNc1ccc([N+](=O)[O-])cc1[N+](=O)[O-])C(C)(C)C(C)C. The molecule has 8 heteroatoms. The number of hydrazone groups is 1. The van der Waals surface area contributed by atoms with Crippen molar-refractivity contribution in [2.75, 3.05) is 5.43 Å². The predicted octanol–water partition coefficient (Wildman–Crippen LogP) is 3.97. The van der Waals surface area contributed by atoms with E-state index in [1.165, 1.54) is 12.1 Å². The summed E-state index contributed by atoms with van der Waals surface area (Å²) in [7, 11) is 0. The average Bonchev–Trinajstić information content (AvgIpc) is 2.43. The Hall–Kier alpha value is -2.51. The third-order valence-electron chi connectivity index (χ3n) is 4.11. The van der Waals surface area contributed by atoms with E-state index in [2.05, 4.69) is 24.4 Å². The second kappa shape index (κ2) is 6.50. The molecule has 1 rings (SSSR count). The van der Waals surface area contributed by atoms with Gasteiger partial charge in [0.15, 0.2) is 0 Å². The van der Waals surface area contributed by atoms with Crippen LogP contribution in [0.3, 0.4) is 0 Å². The third kappa shape index (κ3) is 3.78. The number of anilines is 1. The molecule has 0 heterocycles. The average molecular weight is 308 g/mol. The van der Waals surface area contributed by atoms with Crippen molar-refractivity contribution in [3.63, 3.8) is 0 Å². The van der Waals surface area contributed by atoms with Crippen molar-refractivity contribution >= 4 is 22.8 Å². The van der Waals surface area contributed by atoms with Crippen molar-refractivity contribution in [1.82, 2.24) is 0 Å². The monoisotopic (exact) mass is 308 g/mol. The summed E-state index contributed by atoms with van der Waals surface area (Å²) in [6.07, 6.45) is 0. The number of rotatable bonds is 6. The van der Waals surface area contributed by atoms with Gasteiger partial charge in [0.2, 0.25) is 0 Å². The zero-order valence-corrected chi connectivity index (χ0v) is 13.3. The van der Waals surface area contributed by atoms with Crippen LogP contribution < -0.4 is 5.43 Å². The Bertz CT molecular complexity index is 623. The van der Waals surface area contributed by atoms with Gasteiger partial charge in [-0.2, -0.15) is 5.10 Å². The molecule has 22 heavy (non-hydrogen) atoms. The van der Waals surface area contributed by atoms with E-state index in [1.807, 2.05) is 20.8 Å². The van der Waals surface area contributed by atoms with Gasteiger partial charge in [0, 0.05) is 17.2 Å². The van der Waals surface area contributed by atoms with E-state index in [4.69, 9.17) is 0 Å². The zero-order chi connectivity index (χ0) is 17.1. The van der Waals surface area contributed by atoms with Crippen molar-refractivity contribution in [2.45, 2.75) is 34.6 Å². The second-order valence-electron chi connectivity index (χ2n) is 5.90. The van der Waals surface area contributed by atoms with Crippen molar-refractivity contribution in [1.29, 1.82) is 0 Å². The van der Waals surface area contributed by atoms with Crippen LogP contribution in [0.4, 0.5) is 17.1 Å². The standard InChI is InChI=1S/C14H20N4O4/c1-9(2)14(4,5)10(3)15-16-12-7-6-11(17(19)20)8-13(12)18(21)22/h6-9,16H,1-5H3. The molecule has 0 bridgehead atoms. The highest BCUT2D eigenvalue weighted by atomic mass is 16.6. The molecule has 0 atom stereocenters. The number of nitrogens with zero attached hydrogens (tertiary/aromatic N) is 3. The van der Waals surface area contributed by atoms with E-state index < -0.39 is 9.85 Å². The number of nitro groups is 2. The fourth-order valence-corrected chi connectivity index (χ4v) is 1.59. The Morgan fingerprint density at radius 3 is 2.27 bits per heavy atom. The maximum absolute atomic E-state index is 11.0. The van der Waals surface area contributed by atoms with Crippen LogP contribution in [0.2, 0.25) is 0 Å². The molecule has 0 saturated heterocycles. The highest BCUT2D eigenvalue weighted by Gasteiger charge is 2.26. The van der Waals surface area contributed by atoms with E-state index in [-0.39, 0.29) is 22.5 Å². The predicted molar refractivity (Wildman–Crippen MR) is 85.1 cm³/mol. The van der Waals surface area contributed by atoms with Crippen LogP contribution in [-0.4, -0.2) is 15.6 Å². The van der Waals surface area contributed by atoms with Crippen LogP contribution in [0, 0.1) is 31.6 Å². The van der Waals surface area contributed by atoms with Crippen molar-refractivity contribution in [3.8, 4) is 0 Å². The molecule has 0 amide bonds. The molecule has 120 valence electrons. The smallest absolute Gasteiger partial charge is 0.272 e. The van der Waals surface area contributed by atoms with Gasteiger partial charge in [0.1, 0.15) is 5.69 Å². The number of hydrogen-bond acceptors (Lipinski definition) is 6. The Labute approximate surface area is 128 Å². The van der Waals surface area contributed by atoms with Crippen molar-refractivity contribution in [2.24, 2.45) is 16.4 Å². The minimum atomic E-state index is -0.673.